The van der Waals surface area contributed by atoms with Gasteiger partial charge in [0.05, 0.1) is 10.3 Å². The van der Waals surface area contributed by atoms with Crippen LogP contribution in [0.1, 0.15) is 16.2 Å². The molecule has 0 radical (unpaired) electrons. The Hall–Kier alpha value is -0.0900. The zero-order valence-electron chi connectivity index (χ0n) is 10.8. The number of aromatic nitrogens is 1. The monoisotopic (exact) mass is 249 g/mol. The molecule has 15 heavy (non-hydrogen) atoms. The van der Waals surface area contributed by atoms with Crippen molar-refractivity contribution in [1.29, 1.82) is 0 Å². The number of hydrogen-bond acceptors (Lipinski definition) is 2. The second-order valence-corrected chi connectivity index (χ2v) is 14.5. The van der Waals surface area contributed by atoms with Crippen LogP contribution in [0.5, 0.6) is 0 Å². The van der Waals surface area contributed by atoms with E-state index >= 15 is 0 Å². The van der Waals surface area contributed by atoms with Gasteiger partial charge in [-0.25, -0.2) is 25.0 Å². The molecule has 0 fully saturated rings. The van der Waals surface area contributed by atoms with Gasteiger partial charge in [-0.1, -0.05) is 0 Å². The van der Waals surface area contributed by atoms with Gasteiger partial charge in [-0.3, -0.25) is 0 Å². The van der Waals surface area contributed by atoms with E-state index in [1.165, 1.54) is 0 Å². The van der Waals surface area contributed by atoms with Crippen molar-refractivity contribution in [2.75, 3.05) is 37.5 Å². The van der Waals surface area contributed by atoms with Gasteiger partial charge in [-0.05, 0) is 44.5 Å². The molecule has 0 aromatic carbocycles. The summed E-state index contributed by atoms with van der Waals surface area (Å²) in [6.07, 6.45) is 15.8. The van der Waals surface area contributed by atoms with Crippen LogP contribution in [0.25, 0.3) is 0 Å². The highest BCUT2D eigenvalue weighted by molar-refractivity contribution is 8.47. The van der Waals surface area contributed by atoms with Gasteiger partial charge in [0.2, 0.25) is 5.89 Å². The number of aryl methyl sites for hydroxylation is 1. The van der Waals surface area contributed by atoms with Crippen molar-refractivity contribution < 1.29 is 4.42 Å². The number of rotatable bonds is 3. The Morgan fingerprint density at radius 2 is 1.53 bits per heavy atom. The third kappa shape index (κ3) is 3.18. The average molecular weight is 249 g/mol. The van der Waals surface area contributed by atoms with E-state index in [0.717, 1.165) is 11.6 Å². The van der Waals surface area contributed by atoms with Crippen LogP contribution in [0.15, 0.2) is 10.7 Å². The summed E-state index contributed by atoms with van der Waals surface area (Å²) in [6.45, 7) is 1.99. The van der Waals surface area contributed by atoms with Crippen LogP contribution < -0.4 is 0 Å². The molecule has 90 valence electrons. The highest BCUT2D eigenvalue weighted by Crippen LogP contribution is 2.68. The number of nitrogens with zero attached hydrogens (tertiary/aromatic N) is 1. The summed E-state index contributed by atoms with van der Waals surface area (Å²) in [5, 5.41) is 0. The molecular weight excluding hydrogens is 226 g/mol. The number of oxazole rings is 1. The Balaban J connectivity index is 3.14. The Kier molecular flexibility index (Phi) is 3.51. The Bertz CT molecular complexity index is 319. The smallest absolute Gasteiger partial charge is 0.214 e. The molecule has 0 aliphatic heterocycles. The van der Waals surface area contributed by atoms with Gasteiger partial charge in [-0.2, -0.15) is 0 Å². The zero-order valence-corrected chi connectivity index (χ0v) is 12.5. The summed E-state index contributed by atoms with van der Waals surface area (Å²) in [6, 6.07) is 0. The van der Waals surface area contributed by atoms with Crippen molar-refractivity contribution >= 4 is 20.1 Å². The van der Waals surface area contributed by atoms with E-state index in [-0.39, 0.29) is 0 Å². The van der Waals surface area contributed by atoms with Gasteiger partial charge in [-0.15, -0.1) is 0 Å². The van der Waals surface area contributed by atoms with Gasteiger partial charge in [0.1, 0.15) is 6.26 Å². The van der Waals surface area contributed by atoms with Crippen LogP contribution in [0, 0.1) is 6.92 Å². The second-order valence-electron chi connectivity index (χ2n) is 5.52. The first-order chi connectivity index (χ1) is 6.62. The molecule has 0 bridgehead atoms. The Labute approximate surface area is 96.5 Å². The molecule has 0 saturated heterocycles. The van der Waals surface area contributed by atoms with Crippen LogP contribution in [0.4, 0.5) is 0 Å². The molecule has 1 aromatic rings. The summed E-state index contributed by atoms with van der Waals surface area (Å²) < 4.78 is 6.11. The lowest BCUT2D eigenvalue weighted by molar-refractivity contribution is 0.513. The molecule has 0 saturated carbocycles. The fraction of sp³-hybridized carbons (Fsp3) is 0.727. The minimum absolute atomic E-state index is 0.499. The number of hydrogen-bond donors (Lipinski definition) is 0. The van der Waals surface area contributed by atoms with Gasteiger partial charge in [0, 0.05) is 0 Å². The van der Waals surface area contributed by atoms with Gasteiger partial charge in [0.25, 0.3) is 0 Å². The topological polar surface area (TPSA) is 26.0 Å². The minimum atomic E-state index is -0.682. The van der Waals surface area contributed by atoms with E-state index in [0.29, 0.717) is 4.58 Å². The van der Waals surface area contributed by atoms with Crippen LogP contribution in [-0.4, -0.2) is 42.5 Å². The first-order valence-corrected chi connectivity index (χ1v) is 10.7. The molecule has 0 aliphatic rings. The van der Waals surface area contributed by atoms with Crippen molar-refractivity contribution in [3.8, 4) is 0 Å². The first-order valence-electron chi connectivity index (χ1n) is 4.89. The Morgan fingerprint density at radius 1 is 1.07 bits per heavy atom. The molecular formula is C11H23NOS2. The fourth-order valence-electron chi connectivity index (χ4n) is 1.95. The van der Waals surface area contributed by atoms with Crippen molar-refractivity contribution in [3.05, 3.63) is 17.8 Å². The molecule has 1 rings (SSSR count). The van der Waals surface area contributed by atoms with Gasteiger partial charge >= 0.3 is 0 Å². The van der Waals surface area contributed by atoms with E-state index in [2.05, 4.69) is 42.5 Å². The molecule has 2 nitrogen and oxygen atoms in total. The average Bonchev–Trinajstić information content (AvgIpc) is 2.28. The van der Waals surface area contributed by atoms with E-state index in [1.807, 2.05) is 6.92 Å². The summed E-state index contributed by atoms with van der Waals surface area (Å²) >= 11 is 0. The van der Waals surface area contributed by atoms with E-state index < -0.39 is 20.1 Å². The quantitative estimate of drug-likeness (QED) is 0.821. The molecule has 1 heterocycles. The third-order valence-corrected chi connectivity index (χ3v) is 8.56. The second kappa shape index (κ2) is 4.06. The molecule has 4 heteroatoms. The van der Waals surface area contributed by atoms with E-state index in [1.54, 1.807) is 6.26 Å². The normalized spacial score (nSPS) is 15.7. The van der Waals surface area contributed by atoms with Crippen LogP contribution in [-0.2, 0) is 0 Å². The maximum atomic E-state index is 5.61. The van der Waals surface area contributed by atoms with Crippen LogP contribution in [0.3, 0.4) is 0 Å². The largest absolute Gasteiger partial charge is 0.447 e. The summed E-state index contributed by atoms with van der Waals surface area (Å²) in [5.41, 5.74) is 0.988. The van der Waals surface area contributed by atoms with E-state index in [4.69, 9.17) is 4.42 Å². The van der Waals surface area contributed by atoms with Crippen molar-refractivity contribution in [1.82, 2.24) is 4.98 Å². The van der Waals surface area contributed by atoms with Gasteiger partial charge in [0.15, 0.2) is 0 Å². The highest BCUT2D eigenvalue weighted by atomic mass is 32.3. The maximum Gasteiger partial charge on any atom is 0.214 e. The highest BCUT2D eigenvalue weighted by Gasteiger charge is 2.33. The lowest BCUT2D eigenvalue weighted by atomic mass is 10.6. The Morgan fingerprint density at radius 3 is 1.80 bits per heavy atom. The summed E-state index contributed by atoms with van der Waals surface area (Å²) in [4.78, 5) is 4.52. The van der Waals surface area contributed by atoms with Crippen molar-refractivity contribution in [2.45, 2.75) is 11.5 Å². The first kappa shape index (κ1) is 13.0. The lowest BCUT2D eigenvalue weighted by Crippen LogP contribution is -2.14. The third-order valence-electron chi connectivity index (χ3n) is 2.12. The van der Waals surface area contributed by atoms with Crippen molar-refractivity contribution in [3.63, 3.8) is 0 Å². The SMILES string of the molecule is Cc1coc(C(S(C)(C)C)S(C)(C)C)n1. The van der Waals surface area contributed by atoms with Crippen molar-refractivity contribution in [2.24, 2.45) is 0 Å². The predicted molar refractivity (Wildman–Crippen MR) is 74.7 cm³/mol. The molecule has 1 aromatic heterocycles. The van der Waals surface area contributed by atoms with Gasteiger partial charge < -0.3 is 4.42 Å². The lowest BCUT2D eigenvalue weighted by Gasteiger charge is -2.45. The minimum Gasteiger partial charge on any atom is -0.447 e. The van der Waals surface area contributed by atoms with E-state index in [9.17, 15) is 0 Å². The summed E-state index contributed by atoms with van der Waals surface area (Å²) in [5.74, 6) is 0.942. The molecule has 0 atom stereocenters. The molecule has 0 N–H and O–H groups in total. The molecule has 0 spiro atoms. The summed E-state index contributed by atoms with van der Waals surface area (Å²) in [7, 11) is -1.36. The van der Waals surface area contributed by atoms with Crippen LogP contribution >= 0.6 is 20.1 Å². The standard InChI is InChI=1S/C11H23NOS2/c1-9-8-13-10(12-9)11(14(2,3)4)15(5,6)7/h8,11H,1-7H3. The molecule has 0 aliphatic carbocycles. The fourth-order valence-corrected chi connectivity index (χ4v) is 10.3. The molecule has 0 unspecified atom stereocenters. The predicted octanol–water partition coefficient (Wildman–Crippen LogP) is 3.37. The maximum absolute atomic E-state index is 5.61. The zero-order chi connectivity index (χ0) is 11.9. The van der Waals surface area contributed by atoms with Crippen LogP contribution in [0.2, 0.25) is 0 Å². The molecule has 0 amide bonds.